The Morgan fingerprint density at radius 3 is 3.00 bits per heavy atom. The van der Waals surface area contributed by atoms with Crippen LogP contribution in [0.25, 0.3) is 0 Å². The van der Waals surface area contributed by atoms with E-state index in [4.69, 9.17) is 5.84 Å². The van der Waals surface area contributed by atoms with Crippen molar-refractivity contribution in [3.8, 4) is 0 Å². The molecule has 0 aliphatic rings. The fourth-order valence-electron chi connectivity index (χ4n) is 1.54. The number of nitrogens with two attached hydrogens (primary N) is 1. The Hall–Kier alpha value is -1.30. The molecule has 0 aromatic carbocycles. The second-order valence-electron chi connectivity index (χ2n) is 3.58. The molecule has 0 bridgehead atoms. The van der Waals surface area contributed by atoms with E-state index in [9.17, 15) is 0 Å². The van der Waals surface area contributed by atoms with E-state index in [1.54, 1.807) is 17.5 Å². The third-order valence-corrected chi connectivity index (χ3v) is 3.15. The van der Waals surface area contributed by atoms with Gasteiger partial charge in [0.25, 0.3) is 0 Å². The van der Waals surface area contributed by atoms with Crippen LogP contribution in [0.5, 0.6) is 0 Å². The molecular formula is C11H14N4S. The second-order valence-corrected chi connectivity index (χ2v) is 4.64. The van der Waals surface area contributed by atoms with Gasteiger partial charge in [-0.3, -0.25) is 16.3 Å². The Morgan fingerprint density at radius 1 is 1.56 bits per heavy atom. The van der Waals surface area contributed by atoms with Crippen LogP contribution in [-0.2, 0) is 6.42 Å². The molecule has 0 saturated heterocycles. The van der Waals surface area contributed by atoms with Gasteiger partial charge in [0, 0.05) is 17.8 Å². The monoisotopic (exact) mass is 234 g/mol. The zero-order valence-corrected chi connectivity index (χ0v) is 9.87. The SMILES string of the molecule is Cc1nc(C(Cc2cccnc2)NN)cs1. The Labute approximate surface area is 98.5 Å². The number of aromatic nitrogens is 2. The molecule has 2 aromatic rings. The molecule has 84 valence electrons. The number of nitrogens with zero attached hydrogens (tertiary/aromatic N) is 2. The van der Waals surface area contributed by atoms with Crippen molar-refractivity contribution in [2.45, 2.75) is 19.4 Å². The number of nitrogens with one attached hydrogen (secondary N) is 1. The molecule has 2 rings (SSSR count). The van der Waals surface area contributed by atoms with Crippen molar-refractivity contribution in [1.82, 2.24) is 15.4 Å². The van der Waals surface area contributed by atoms with Crippen molar-refractivity contribution in [1.29, 1.82) is 0 Å². The van der Waals surface area contributed by atoms with Crippen LogP contribution in [-0.4, -0.2) is 9.97 Å². The number of rotatable bonds is 4. The first kappa shape index (κ1) is 11.2. The first-order valence-corrected chi connectivity index (χ1v) is 5.94. The second kappa shape index (κ2) is 5.16. The molecule has 0 fully saturated rings. The van der Waals surface area contributed by atoms with E-state index >= 15 is 0 Å². The van der Waals surface area contributed by atoms with Crippen molar-refractivity contribution in [2.75, 3.05) is 0 Å². The van der Waals surface area contributed by atoms with Gasteiger partial charge < -0.3 is 0 Å². The summed E-state index contributed by atoms with van der Waals surface area (Å²) in [4.78, 5) is 8.52. The Kier molecular flexibility index (Phi) is 3.61. The average Bonchev–Trinajstić information content (AvgIpc) is 2.74. The minimum Gasteiger partial charge on any atom is -0.271 e. The smallest absolute Gasteiger partial charge is 0.0898 e. The number of pyridine rings is 1. The molecule has 4 nitrogen and oxygen atoms in total. The lowest BCUT2D eigenvalue weighted by molar-refractivity contribution is 0.539. The third kappa shape index (κ3) is 2.63. The lowest BCUT2D eigenvalue weighted by Crippen LogP contribution is -2.29. The summed E-state index contributed by atoms with van der Waals surface area (Å²) >= 11 is 1.64. The molecule has 1 unspecified atom stereocenters. The molecule has 0 aliphatic carbocycles. The zero-order chi connectivity index (χ0) is 11.4. The van der Waals surface area contributed by atoms with Crippen molar-refractivity contribution in [2.24, 2.45) is 5.84 Å². The van der Waals surface area contributed by atoms with Gasteiger partial charge in [-0.2, -0.15) is 0 Å². The van der Waals surface area contributed by atoms with E-state index in [1.807, 2.05) is 30.6 Å². The molecule has 5 heteroatoms. The number of hydrogen-bond donors (Lipinski definition) is 2. The van der Waals surface area contributed by atoms with Crippen molar-refractivity contribution < 1.29 is 0 Å². The standard InChI is InChI=1S/C11H14N4S/c1-8-14-11(7-16-8)10(15-12)5-9-3-2-4-13-6-9/h2-4,6-7,10,15H,5,12H2,1H3. The van der Waals surface area contributed by atoms with E-state index in [1.165, 1.54) is 0 Å². The molecule has 0 radical (unpaired) electrons. The summed E-state index contributed by atoms with van der Waals surface area (Å²) in [7, 11) is 0. The van der Waals surface area contributed by atoms with Gasteiger partial charge >= 0.3 is 0 Å². The van der Waals surface area contributed by atoms with E-state index in [-0.39, 0.29) is 6.04 Å². The third-order valence-electron chi connectivity index (χ3n) is 2.36. The van der Waals surface area contributed by atoms with Crippen LogP contribution in [0.1, 0.15) is 22.3 Å². The van der Waals surface area contributed by atoms with Crippen molar-refractivity contribution >= 4 is 11.3 Å². The predicted octanol–water partition coefficient (Wildman–Crippen LogP) is 1.59. The van der Waals surface area contributed by atoms with Gasteiger partial charge in [-0.25, -0.2) is 4.98 Å². The lowest BCUT2D eigenvalue weighted by atomic mass is 10.1. The summed E-state index contributed by atoms with van der Waals surface area (Å²) in [5, 5.41) is 3.09. The fraction of sp³-hybridized carbons (Fsp3) is 0.273. The molecule has 1 atom stereocenters. The number of hydrogen-bond acceptors (Lipinski definition) is 5. The summed E-state index contributed by atoms with van der Waals surface area (Å²) in [6.45, 7) is 1.99. The summed E-state index contributed by atoms with van der Waals surface area (Å²) in [5.41, 5.74) is 4.94. The van der Waals surface area contributed by atoms with Gasteiger partial charge in [-0.15, -0.1) is 11.3 Å². The number of thiazole rings is 1. The molecule has 2 aromatic heterocycles. The van der Waals surface area contributed by atoms with E-state index in [2.05, 4.69) is 15.4 Å². The molecule has 16 heavy (non-hydrogen) atoms. The maximum absolute atomic E-state index is 5.56. The van der Waals surface area contributed by atoms with E-state index in [0.717, 1.165) is 22.7 Å². The van der Waals surface area contributed by atoms with Gasteiger partial charge in [-0.05, 0) is 25.0 Å². The van der Waals surface area contributed by atoms with Gasteiger partial charge in [0.05, 0.1) is 16.7 Å². The van der Waals surface area contributed by atoms with E-state index in [0.29, 0.717) is 0 Å². The van der Waals surface area contributed by atoms with Crippen LogP contribution in [0.3, 0.4) is 0 Å². The maximum Gasteiger partial charge on any atom is 0.0898 e. The Balaban J connectivity index is 2.12. The Bertz CT molecular complexity index is 440. The highest BCUT2D eigenvalue weighted by atomic mass is 32.1. The number of hydrazine groups is 1. The first-order valence-electron chi connectivity index (χ1n) is 5.06. The largest absolute Gasteiger partial charge is 0.271 e. The quantitative estimate of drug-likeness (QED) is 0.623. The predicted molar refractivity (Wildman–Crippen MR) is 64.9 cm³/mol. The molecular weight excluding hydrogens is 220 g/mol. The maximum atomic E-state index is 5.56. The highest BCUT2D eigenvalue weighted by molar-refractivity contribution is 7.09. The number of aryl methyl sites for hydroxylation is 1. The van der Waals surface area contributed by atoms with E-state index < -0.39 is 0 Å². The van der Waals surface area contributed by atoms with Gasteiger partial charge in [0.1, 0.15) is 0 Å². The molecule has 3 N–H and O–H groups in total. The summed E-state index contributed by atoms with van der Waals surface area (Å²) in [6, 6.07) is 4.01. The highest BCUT2D eigenvalue weighted by Crippen LogP contribution is 2.19. The van der Waals surface area contributed by atoms with Gasteiger partial charge in [-0.1, -0.05) is 6.07 Å². The summed E-state index contributed by atoms with van der Waals surface area (Å²) in [5.74, 6) is 5.56. The van der Waals surface area contributed by atoms with Crippen LogP contribution in [0.2, 0.25) is 0 Å². The van der Waals surface area contributed by atoms with Crippen LogP contribution < -0.4 is 11.3 Å². The normalized spacial score (nSPS) is 12.6. The van der Waals surface area contributed by atoms with Crippen LogP contribution in [0.15, 0.2) is 29.9 Å². The van der Waals surface area contributed by atoms with Gasteiger partial charge in [0.15, 0.2) is 0 Å². The minimum atomic E-state index is 0.0501. The average molecular weight is 234 g/mol. The highest BCUT2D eigenvalue weighted by Gasteiger charge is 2.13. The van der Waals surface area contributed by atoms with Crippen LogP contribution in [0.4, 0.5) is 0 Å². The topological polar surface area (TPSA) is 63.8 Å². The summed E-state index contributed by atoms with van der Waals surface area (Å²) < 4.78 is 0. The zero-order valence-electron chi connectivity index (χ0n) is 9.05. The van der Waals surface area contributed by atoms with Gasteiger partial charge in [0.2, 0.25) is 0 Å². The Morgan fingerprint density at radius 2 is 2.44 bits per heavy atom. The minimum absolute atomic E-state index is 0.0501. The lowest BCUT2D eigenvalue weighted by Gasteiger charge is -2.13. The first-order chi connectivity index (χ1) is 7.79. The molecule has 0 aliphatic heterocycles. The molecule has 0 spiro atoms. The summed E-state index contributed by atoms with van der Waals surface area (Å²) in [6.07, 6.45) is 4.42. The van der Waals surface area contributed by atoms with Crippen LogP contribution in [0, 0.1) is 6.92 Å². The fourth-order valence-corrected chi connectivity index (χ4v) is 2.21. The molecule has 2 heterocycles. The van der Waals surface area contributed by atoms with Crippen molar-refractivity contribution in [3.63, 3.8) is 0 Å². The molecule has 0 amide bonds. The van der Waals surface area contributed by atoms with Crippen LogP contribution >= 0.6 is 11.3 Å². The van der Waals surface area contributed by atoms with Crippen molar-refractivity contribution in [3.05, 3.63) is 46.2 Å². The molecule has 0 saturated carbocycles.